The van der Waals surface area contributed by atoms with Crippen molar-refractivity contribution in [3.05, 3.63) is 41.0 Å². The van der Waals surface area contributed by atoms with Crippen LogP contribution in [0.25, 0.3) is 0 Å². The molecule has 2 aliphatic rings. The minimum Gasteiger partial charge on any atom is -0.339 e. The first kappa shape index (κ1) is 20.3. The third-order valence-electron chi connectivity index (χ3n) is 5.51. The van der Waals surface area contributed by atoms with Gasteiger partial charge >= 0.3 is 0 Å². The summed E-state index contributed by atoms with van der Waals surface area (Å²) in [5, 5.41) is 12.8. The molecular formula is C22H27N5O3. The number of hydrazone groups is 1. The number of rotatable bonds is 6. The molecule has 1 unspecified atom stereocenters. The molecule has 8 heteroatoms. The number of aryl methyl sites for hydroxylation is 2. The van der Waals surface area contributed by atoms with E-state index >= 15 is 0 Å². The minimum absolute atomic E-state index is 0.0578. The molecule has 1 aromatic heterocycles. The van der Waals surface area contributed by atoms with Crippen molar-refractivity contribution < 1.29 is 14.1 Å². The Morgan fingerprint density at radius 2 is 2.00 bits per heavy atom. The molecule has 4 rings (SSSR count). The molecule has 2 heterocycles. The molecule has 2 amide bonds. The summed E-state index contributed by atoms with van der Waals surface area (Å²) < 4.78 is 5.43. The van der Waals surface area contributed by atoms with E-state index in [2.05, 4.69) is 20.6 Å². The molecule has 1 saturated carbocycles. The van der Waals surface area contributed by atoms with Crippen molar-refractivity contribution in [2.24, 2.45) is 11.0 Å². The van der Waals surface area contributed by atoms with Crippen LogP contribution in [0.4, 0.5) is 5.69 Å². The van der Waals surface area contributed by atoms with Gasteiger partial charge in [0.25, 0.3) is 5.91 Å². The Morgan fingerprint density at radius 1 is 1.23 bits per heavy atom. The highest BCUT2D eigenvalue weighted by Gasteiger charge is 2.33. The molecule has 1 atom stereocenters. The first-order valence-corrected chi connectivity index (χ1v) is 10.5. The highest BCUT2D eigenvalue weighted by atomic mass is 16.5. The zero-order valence-electron chi connectivity index (χ0n) is 17.8. The second kappa shape index (κ2) is 8.01. The standard InChI is InChI=1S/C22H27N5O3/c1-12(2)19(22-24-20(26-30-22)15-7-8-15)23-21(29)16-9-10-18(28)27(25-16)17-11-13(3)5-6-14(17)4/h5-6,11-12,15,19H,7-10H2,1-4H3,(H,23,29). The molecule has 0 saturated heterocycles. The van der Waals surface area contributed by atoms with E-state index in [1.807, 2.05) is 45.9 Å². The number of carbonyl (C=O) groups excluding carboxylic acids is 2. The van der Waals surface area contributed by atoms with Crippen LogP contribution >= 0.6 is 0 Å². The first-order chi connectivity index (χ1) is 14.3. The average molecular weight is 409 g/mol. The number of hydrogen-bond acceptors (Lipinski definition) is 6. The van der Waals surface area contributed by atoms with Gasteiger partial charge in [0.2, 0.25) is 11.8 Å². The van der Waals surface area contributed by atoms with Crippen molar-refractivity contribution >= 4 is 23.2 Å². The van der Waals surface area contributed by atoms with E-state index in [1.165, 1.54) is 5.01 Å². The number of benzene rings is 1. The van der Waals surface area contributed by atoms with Gasteiger partial charge in [0, 0.05) is 18.8 Å². The van der Waals surface area contributed by atoms with Gasteiger partial charge in [-0.25, -0.2) is 5.01 Å². The van der Waals surface area contributed by atoms with Gasteiger partial charge in [-0.05, 0) is 49.8 Å². The van der Waals surface area contributed by atoms with E-state index in [1.54, 1.807) is 0 Å². The number of anilines is 1. The molecule has 1 aliphatic heterocycles. The molecule has 0 bridgehead atoms. The van der Waals surface area contributed by atoms with Gasteiger partial charge in [0.1, 0.15) is 11.8 Å². The van der Waals surface area contributed by atoms with Crippen LogP contribution in [-0.2, 0) is 9.59 Å². The van der Waals surface area contributed by atoms with Crippen molar-refractivity contribution in [1.29, 1.82) is 0 Å². The van der Waals surface area contributed by atoms with E-state index in [4.69, 9.17) is 4.52 Å². The van der Waals surface area contributed by atoms with Crippen LogP contribution < -0.4 is 10.3 Å². The predicted molar refractivity (Wildman–Crippen MR) is 112 cm³/mol. The maximum Gasteiger partial charge on any atom is 0.268 e. The lowest BCUT2D eigenvalue weighted by atomic mass is 10.0. The maximum atomic E-state index is 13.0. The predicted octanol–water partition coefficient (Wildman–Crippen LogP) is 3.56. The number of nitrogens with one attached hydrogen (secondary N) is 1. The summed E-state index contributed by atoms with van der Waals surface area (Å²) in [6.07, 6.45) is 2.69. The van der Waals surface area contributed by atoms with Gasteiger partial charge in [0.15, 0.2) is 5.82 Å². The topological polar surface area (TPSA) is 101 Å². The fourth-order valence-electron chi connectivity index (χ4n) is 3.47. The molecule has 0 radical (unpaired) electrons. The first-order valence-electron chi connectivity index (χ1n) is 10.5. The van der Waals surface area contributed by atoms with Crippen molar-refractivity contribution in [2.75, 3.05) is 5.01 Å². The molecule has 1 aromatic carbocycles. The molecule has 1 aliphatic carbocycles. The van der Waals surface area contributed by atoms with E-state index in [0.717, 1.165) is 24.0 Å². The van der Waals surface area contributed by atoms with Gasteiger partial charge < -0.3 is 9.84 Å². The third kappa shape index (κ3) is 4.13. The summed E-state index contributed by atoms with van der Waals surface area (Å²) in [5.74, 6) is 1.13. The number of carbonyl (C=O) groups is 2. The van der Waals surface area contributed by atoms with Crippen LogP contribution in [0.3, 0.4) is 0 Å². The molecule has 2 aromatic rings. The normalized spacial score (nSPS) is 17.8. The Hall–Kier alpha value is -3.03. The lowest BCUT2D eigenvalue weighted by Crippen LogP contribution is -2.41. The SMILES string of the molecule is Cc1ccc(C)c(N2N=C(C(=O)NC(c3nc(C4CC4)no3)C(C)C)CCC2=O)c1. The van der Waals surface area contributed by atoms with Crippen molar-refractivity contribution in [1.82, 2.24) is 15.5 Å². The van der Waals surface area contributed by atoms with Crippen LogP contribution in [0, 0.1) is 19.8 Å². The zero-order chi connectivity index (χ0) is 21.4. The molecule has 30 heavy (non-hydrogen) atoms. The second-order valence-electron chi connectivity index (χ2n) is 8.50. The zero-order valence-corrected chi connectivity index (χ0v) is 17.8. The average Bonchev–Trinajstić information content (AvgIpc) is 3.45. The van der Waals surface area contributed by atoms with E-state index in [9.17, 15) is 9.59 Å². The van der Waals surface area contributed by atoms with E-state index < -0.39 is 6.04 Å². The van der Waals surface area contributed by atoms with Gasteiger partial charge in [-0.15, -0.1) is 0 Å². The fourth-order valence-corrected chi connectivity index (χ4v) is 3.47. The summed E-state index contributed by atoms with van der Waals surface area (Å²) >= 11 is 0. The number of aromatic nitrogens is 2. The maximum absolute atomic E-state index is 13.0. The summed E-state index contributed by atoms with van der Waals surface area (Å²) in [5.41, 5.74) is 2.98. The second-order valence-corrected chi connectivity index (χ2v) is 8.50. The molecule has 8 nitrogen and oxygen atoms in total. The highest BCUT2D eigenvalue weighted by Crippen LogP contribution is 2.38. The molecule has 1 fully saturated rings. The van der Waals surface area contributed by atoms with Crippen molar-refractivity contribution in [2.45, 2.75) is 65.3 Å². The van der Waals surface area contributed by atoms with Crippen molar-refractivity contribution in [3.63, 3.8) is 0 Å². The Balaban J connectivity index is 1.56. The Bertz CT molecular complexity index is 1010. The molecule has 1 N–H and O–H groups in total. The Morgan fingerprint density at radius 3 is 2.70 bits per heavy atom. The lowest BCUT2D eigenvalue weighted by Gasteiger charge is -2.26. The fraction of sp³-hybridized carbons (Fsp3) is 0.500. The summed E-state index contributed by atoms with van der Waals surface area (Å²) in [7, 11) is 0. The molecule has 0 spiro atoms. The van der Waals surface area contributed by atoms with Gasteiger partial charge in [0.05, 0.1) is 5.69 Å². The van der Waals surface area contributed by atoms with Crippen LogP contribution in [0.1, 0.15) is 74.3 Å². The largest absolute Gasteiger partial charge is 0.339 e. The molecule has 158 valence electrons. The van der Waals surface area contributed by atoms with Crippen LogP contribution in [-0.4, -0.2) is 27.7 Å². The Labute approximate surface area is 175 Å². The summed E-state index contributed by atoms with van der Waals surface area (Å²) in [6.45, 7) is 7.86. The van der Waals surface area contributed by atoms with Crippen LogP contribution in [0.5, 0.6) is 0 Å². The van der Waals surface area contributed by atoms with Crippen LogP contribution in [0.15, 0.2) is 27.8 Å². The number of amides is 2. The quantitative estimate of drug-likeness (QED) is 0.786. The highest BCUT2D eigenvalue weighted by molar-refractivity contribution is 6.40. The van der Waals surface area contributed by atoms with Gasteiger partial charge in [-0.3, -0.25) is 9.59 Å². The minimum atomic E-state index is -0.410. The van der Waals surface area contributed by atoms with Gasteiger partial charge in [-0.2, -0.15) is 10.1 Å². The number of nitrogens with zero attached hydrogens (tertiary/aromatic N) is 4. The van der Waals surface area contributed by atoms with E-state index in [0.29, 0.717) is 35.5 Å². The Kier molecular flexibility index (Phi) is 5.40. The number of hydrogen-bond donors (Lipinski definition) is 1. The summed E-state index contributed by atoms with van der Waals surface area (Å²) in [6, 6.07) is 5.43. The summed E-state index contributed by atoms with van der Waals surface area (Å²) in [4.78, 5) is 30.0. The molecular weight excluding hydrogens is 382 g/mol. The lowest BCUT2D eigenvalue weighted by molar-refractivity contribution is -0.119. The van der Waals surface area contributed by atoms with Crippen LogP contribution in [0.2, 0.25) is 0 Å². The smallest absolute Gasteiger partial charge is 0.268 e. The van der Waals surface area contributed by atoms with Crippen molar-refractivity contribution in [3.8, 4) is 0 Å². The monoisotopic (exact) mass is 409 g/mol. The van der Waals surface area contributed by atoms with E-state index in [-0.39, 0.29) is 24.2 Å². The third-order valence-corrected chi connectivity index (χ3v) is 5.51. The van der Waals surface area contributed by atoms with Gasteiger partial charge in [-0.1, -0.05) is 31.1 Å².